The maximum absolute atomic E-state index is 12.5. The minimum Gasteiger partial charge on any atom is -0.482 e. The van der Waals surface area contributed by atoms with Crippen molar-refractivity contribution >= 4 is 40.7 Å². The van der Waals surface area contributed by atoms with E-state index in [0.717, 1.165) is 0 Å². The number of anilines is 1. The maximum Gasteiger partial charge on any atom is 0.264 e. The van der Waals surface area contributed by atoms with Crippen molar-refractivity contribution in [2.45, 2.75) is 6.42 Å². The van der Waals surface area contributed by atoms with E-state index >= 15 is 0 Å². The third-order valence-electron chi connectivity index (χ3n) is 3.22. The predicted octanol–water partition coefficient (Wildman–Crippen LogP) is 3.28. The summed E-state index contributed by atoms with van der Waals surface area (Å²) in [5.74, 6) is -0.485. The Morgan fingerprint density at radius 2 is 1.75 bits per heavy atom. The Hall–Kier alpha value is -2.24. The predicted molar refractivity (Wildman–Crippen MR) is 94.6 cm³/mol. The number of nitrogens with two attached hydrogens (primary N) is 1. The summed E-state index contributed by atoms with van der Waals surface area (Å²) >= 11 is 11.9. The number of carbonyl (C=O) groups is 2. The number of para-hydroxylation sites is 1. The van der Waals surface area contributed by atoms with E-state index in [-0.39, 0.29) is 30.5 Å². The molecule has 0 atom stereocenters. The van der Waals surface area contributed by atoms with Crippen LogP contribution in [0, 0.1) is 0 Å². The van der Waals surface area contributed by atoms with Crippen molar-refractivity contribution in [3.8, 4) is 5.75 Å². The van der Waals surface area contributed by atoms with Crippen LogP contribution in [0.5, 0.6) is 5.75 Å². The second kappa shape index (κ2) is 8.57. The second-order valence-electron chi connectivity index (χ2n) is 4.94. The normalized spacial score (nSPS) is 10.2. The van der Waals surface area contributed by atoms with Crippen molar-refractivity contribution in [2.75, 3.05) is 18.1 Å². The second-order valence-corrected chi connectivity index (χ2v) is 5.72. The fraction of sp³-hybridized carbons (Fsp3) is 0.176. The van der Waals surface area contributed by atoms with Crippen molar-refractivity contribution in [1.29, 1.82) is 0 Å². The fourth-order valence-electron chi connectivity index (χ4n) is 2.04. The SMILES string of the molecule is NC(=O)CCN(C(=O)COc1cccc(Cl)c1Cl)c1ccccc1. The lowest BCUT2D eigenvalue weighted by Crippen LogP contribution is -2.37. The van der Waals surface area contributed by atoms with Crippen molar-refractivity contribution in [3.63, 3.8) is 0 Å². The van der Waals surface area contributed by atoms with Gasteiger partial charge in [0.1, 0.15) is 10.8 Å². The Morgan fingerprint density at radius 3 is 2.42 bits per heavy atom. The van der Waals surface area contributed by atoms with E-state index in [1.54, 1.807) is 42.5 Å². The highest BCUT2D eigenvalue weighted by Crippen LogP contribution is 2.31. The molecule has 24 heavy (non-hydrogen) atoms. The lowest BCUT2D eigenvalue weighted by molar-refractivity contribution is -0.120. The number of nitrogens with zero attached hydrogens (tertiary/aromatic N) is 1. The van der Waals surface area contributed by atoms with Crippen LogP contribution in [-0.4, -0.2) is 25.0 Å². The van der Waals surface area contributed by atoms with Gasteiger partial charge in [0.25, 0.3) is 5.91 Å². The first-order valence-corrected chi connectivity index (χ1v) is 7.95. The van der Waals surface area contributed by atoms with Crippen LogP contribution in [0.3, 0.4) is 0 Å². The maximum atomic E-state index is 12.5. The highest BCUT2D eigenvalue weighted by atomic mass is 35.5. The van der Waals surface area contributed by atoms with E-state index in [1.807, 2.05) is 6.07 Å². The van der Waals surface area contributed by atoms with Crippen LogP contribution in [0.4, 0.5) is 5.69 Å². The van der Waals surface area contributed by atoms with E-state index < -0.39 is 5.91 Å². The molecular weight excluding hydrogens is 351 g/mol. The van der Waals surface area contributed by atoms with E-state index in [0.29, 0.717) is 16.5 Å². The lowest BCUT2D eigenvalue weighted by Gasteiger charge is -2.22. The van der Waals surface area contributed by atoms with Gasteiger partial charge in [-0.15, -0.1) is 0 Å². The third kappa shape index (κ3) is 4.88. The summed E-state index contributed by atoms with van der Waals surface area (Å²) < 4.78 is 5.46. The Labute approximate surface area is 149 Å². The molecule has 7 heteroatoms. The molecule has 0 aliphatic rings. The van der Waals surface area contributed by atoms with Gasteiger partial charge < -0.3 is 15.4 Å². The van der Waals surface area contributed by atoms with Crippen LogP contribution in [0.15, 0.2) is 48.5 Å². The first-order chi connectivity index (χ1) is 11.5. The summed E-state index contributed by atoms with van der Waals surface area (Å²) in [4.78, 5) is 25.0. The number of halogens is 2. The number of primary amides is 1. The minimum atomic E-state index is -0.484. The topological polar surface area (TPSA) is 72.6 Å². The highest BCUT2D eigenvalue weighted by molar-refractivity contribution is 6.42. The van der Waals surface area contributed by atoms with Gasteiger partial charge >= 0.3 is 0 Å². The Bertz CT molecular complexity index is 723. The first-order valence-electron chi connectivity index (χ1n) is 7.19. The molecule has 0 spiro atoms. The van der Waals surface area contributed by atoms with Crippen LogP contribution in [0.2, 0.25) is 10.0 Å². The zero-order valence-corrected chi connectivity index (χ0v) is 14.3. The van der Waals surface area contributed by atoms with Gasteiger partial charge in [0.05, 0.1) is 5.02 Å². The molecule has 2 N–H and O–H groups in total. The standard InChI is InChI=1S/C17H16Cl2N2O3/c18-13-7-4-8-14(17(13)19)24-11-16(23)21(10-9-15(20)22)12-5-2-1-3-6-12/h1-8H,9-11H2,(H2,20,22). The number of benzene rings is 2. The summed E-state index contributed by atoms with van der Waals surface area (Å²) in [6.45, 7) is -0.0709. The Morgan fingerprint density at radius 1 is 1.04 bits per heavy atom. The van der Waals surface area contributed by atoms with Gasteiger partial charge in [-0.05, 0) is 24.3 Å². The number of hydrogen-bond acceptors (Lipinski definition) is 3. The van der Waals surface area contributed by atoms with E-state index in [9.17, 15) is 9.59 Å². The van der Waals surface area contributed by atoms with Gasteiger partial charge in [0.15, 0.2) is 6.61 Å². The molecule has 2 amide bonds. The molecule has 5 nitrogen and oxygen atoms in total. The van der Waals surface area contributed by atoms with Gasteiger partial charge in [-0.1, -0.05) is 47.5 Å². The van der Waals surface area contributed by atoms with E-state index in [1.165, 1.54) is 4.90 Å². The van der Waals surface area contributed by atoms with Gasteiger partial charge in [-0.2, -0.15) is 0 Å². The Kier molecular flexibility index (Phi) is 6.46. The molecule has 0 saturated heterocycles. The summed E-state index contributed by atoms with van der Waals surface area (Å²) in [6, 6.07) is 13.9. The molecule has 0 aliphatic carbocycles. The average Bonchev–Trinajstić information content (AvgIpc) is 2.57. The van der Waals surface area contributed by atoms with Gasteiger partial charge in [-0.25, -0.2) is 0 Å². The summed E-state index contributed by atoms with van der Waals surface area (Å²) in [6.07, 6.45) is 0.0541. The monoisotopic (exact) mass is 366 g/mol. The molecule has 0 unspecified atom stereocenters. The van der Waals surface area contributed by atoms with Crippen LogP contribution in [0.1, 0.15) is 6.42 Å². The largest absolute Gasteiger partial charge is 0.482 e. The first kappa shape index (κ1) is 18.1. The number of rotatable bonds is 7. The molecule has 0 fully saturated rings. The van der Waals surface area contributed by atoms with Gasteiger partial charge in [-0.3, -0.25) is 9.59 Å². The van der Waals surface area contributed by atoms with E-state index in [4.69, 9.17) is 33.7 Å². The molecular formula is C17H16Cl2N2O3. The Balaban J connectivity index is 2.10. The summed E-state index contributed by atoms with van der Waals surface area (Å²) in [5.41, 5.74) is 5.84. The number of amides is 2. The molecule has 2 aromatic rings. The fourth-order valence-corrected chi connectivity index (χ4v) is 2.39. The van der Waals surface area contributed by atoms with Crippen molar-refractivity contribution in [3.05, 3.63) is 58.6 Å². The van der Waals surface area contributed by atoms with Crippen molar-refractivity contribution in [1.82, 2.24) is 0 Å². The van der Waals surface area contributed by atoms with E-state index in [2.05, 4.69) is 0 Å². The average molecular weight is 367 g/mol. The molecule has 2 aromatic carbocycles. The smallest absolute Gasteiger partial charge is 0.264 e. The van der Waals surface area contributed by atoms with Crippen LogP contribution < -0.4 is 15.4 Å². The molecule has 2 rings (SSSR count). The van der Waals surface area contributed by atoms with Gasteiger partial charge in [0.2, 0.25) is 5.91 Å². The van der Waals surface area contributed by atoms with Crippen molar-refractivity contribution < 1.29 is 14.3 Å². The third-order valence-corrected chi connectivity index (χ3v) is 4.02. The number of ether oxygens (including phenoxy) is 1. The minimum absolute atomic E-state index is 0.0541. The molecule has 0 bridgehead atoms. The van der Waals surface area contributed by atoms with Crippen molar-refractivity contribution in [2.24, 2.45) is 5.73 Å². The van der Waals surface area contributed by atoms with Crippen LogP contribution in [-0.2, 0) is 9.59 Å². The molecule has 0 saturated carbocycles. The van der Waals surface area contributed by atoms with Gasteiger partial charge in [0, 0.05) is 18.7 Å². The lowest BCUT2D eigenvalue weighted by atomic mass is 10.2. The number of carbonyl (C=O) groups excluding carboxylic acids is 2. The molecule has 0 aliphatic heterocycles. The van der Waals surface area contributed by atoms with Crippen LogP contribution >= 0.6 is 23.2 Å². The quantitative estimate of drug-likeness (QED) is 0.816. The van der Waals surface area contributed by atoms with Crippen LogP contribution in [0.25, 0.3) is 0 Å². The summed E-state index contributed by atoms with van der Waals surface area (Å²) in [5, 5.41) is 0.589. The summed E-state index contributed by atoms with van der Waals surface area (Å²) in [7, 11) is 0. The highest BCUT2D eigenvalue weighted by Gasteiger charge is 2.18. The molecule has 126 valence electrons. The molecule has 0 radical (unpaired) electrons. The number of hydrogen-bond donors (Lipinski definition) is 1. The molecule has 0 aromatic heterocycles. The molecule has 0 heterocycles. The zero-order valence-electron chi connectivity index (χ0n) is 12.7. The zero-order chi connectivity index (χ0) is 17.5.